The first-order chi connectivity index (χ1) is 12.8. The Morgan fingerprint density at radius 1 is 1.11 bits per heavy atom. The van der Waals surface area contributed by atoms with Crippen molar-refractivity contribution in [2.24, 2.45) is 5.92 Å². The summed E-state index contributed by atoms with van der Waals surface area (Å²) in [4.78, 5) is 1.68. The van der Waals surface area contributed by atoms with Crippen LogP contribution < -0.4 is 4.90 Å². The lowest BCUT2D eigenvalue weighted by Crippen LogP contribution is -2.36. The molecule has 27 heavy (non-hydrogen) atoms. The van der Waals surface area contributed by atoms with Crippen LogP contribution in [0.3, 0.4) is 0 Å². The molecule has 1 saturated heterocycles. The fourth-order valence-corrected chi connectivity index (χ4v) is 3.62. The number of aliphatic hydroxyl groups excluding tert-OH is 1. The van der Waals surface area contributed by atoms with Gasteiger partial charge in [-0.1, -0.05) is 23.7 Å². The molecule has 3 rings (SSSR count). The topological polar surface area (TPSA) is 47.3 Å². The Kier molecular flexibility index (Phi) is 5.64. The maximum Gasteiger partial charge on any atom is 0.418 e. The lowest BCUT2D eigenvalue weighted by atomic mass is 9.87. The molecule has 0 bridgehead atoms. The molecule has 0 aromatic heterocycles. The Morgan fingerprint density at radius 2 is 1.74 bits per heavy atom. The lowest BCUT2D eigenvalue weighted by Gasteiger charge is -2.36. The molecule has 7 heteroatoms. The number of alkyl halides is 3. The summed E-state index contributed by atoms with van der Waals surface area (Å²) in [5.41, 5.74) is 0.0329. The van der Waals surface area contributed by atoms with Crippen molar-refractivity contribution in [3.63, 3.8) is 0 Å². The van der Waals surface area contributed by atoms with E-state index in [9.17, 15) is 18.3 Å². The monoisotopic (exact) mass is 394 g/mol. The molecule has 2 aromatic rings. The number of piperidine rings is 1. The van der Waals surface area contributed by atoms with Crippen LogP contribution in [0.5, 0.6) is 0 Å². The maximum atomic E-state index is 13.4. The highest BCUT2D eigenvalue weighted by Crippen LogP contribution is 2.39. The van der Waals surface area contributed by atoms with Gasteiger partial charge in [-0.2, -0.15) is 18.4 Å². The third-order valence-electron chi connectivity index (χ3n) is 4.97. The van der Waals surface area contributed by atoms with Gasteiger partial charge >= 0.3 is 6.18 Å². The Balaban J connectivity index is 1.74. The quantitative estimate of drug-likeness (QED) is 0.780. The number of aliphatic hydroxyl groups is 1. The van der Waals surface area contributed by atoms with E-state index >= 15 is 0 Å². The van der Waals surface area contributed by atoms with Gasteiger partial charge in [0.15, 0.2) is 0 Å². The van der Waals surface area contributed by atoms with Gasteiger partial charge in [0.1, 0.15) is 0 Å². The first kappa shape index (κ1) is 19.5. The molecule has 1 N–H and O–H groups in total. The van der Waals surface area contributed by atoms with E-state index in [-0.39, 0.29) is 17.2 Å². The molecule has 1 aliphatic rings. The molecule has 0 spiro atoms. The van der Waals surface area contributed by atoms with Crippen LogP contribution in [-0.4, -0.2) is 18.2 Å². The van der Waals surface area contributed by atoms with Gasteiger partial charge in [0.25, 0.3) is 0 Å². The van der Waals surface area contributed by atoms with Crippen molar-refractivity contribution in [3.8, 4) is 6.07 Å². The van der Waals surface area contributed by atoms with Crippen LogP contribution in [0.2, 0.25) is 5.02 Å². The summed E-state index contributed by atoms with van der Waals surface area (Å²) in [7, 11) is 0. The molecule has 0 radical (unpaired) electrons. The zero-order chi connectivity index (χ0) is 19.6. The van der Waals surface area contributed by atoms with Crippen LogP contribution in [0.25, 0.3) is 0 Å². The minimum atomic E-state index is -4.53. The van der Waals surface area contributed by atoms with Crippen LogP contribution in [0.1, 0.15) is 35.6 Å². The van der Waals surface area contributed by atoms with Crippen molar-refractivity contribution >= 4 is 17.3 Å². The second-order valence-electron chi connectivity index (χ2n) is 6.66. The standard InChI is InChI=1S/C20H18ClF3N2O/c21-16-4-2-14(3-5-16)19(27)15-7-9-26(10-8-15)18-6-1-13(12-25)11-17(18)20(22,23)24/h1-6,11,15,19,27H,7-10H2. The molecular formula is C20H18ClF3N2O. The number of anilines is 1. The van der Waals surface area contributed by atoms with Gasteiger partial charge < -0.3 is 10.0 Å². The molecular weight excluding hydrogens is 377 g/mol. The molecule has 1 aliphatic heterocycles. The van der Waals surface area contributed by atoms with Crippen LogP contribution in [0.15, 0.2) is 42.5 Å². The van der Waals surface area contributed by atoms with Crippen molar-refractivity contribution in [1.82, 2.24) is 0 Å². The average Bonchev–Trinajstić information content (AvgIpc) is 2.67. The zero-order valence-corrected chi connectivity index (χ0v) is 15.1. The molecule has 3 nitrogen and oxygen atoms in total. The number of hydrogen-bond donors (Lipinski definition) is 1. The van der Waals surface area contributed by atoms with E-state index in [1.54, 1.807) is 35.2 Å². The van der Waals surface area contributed by atoms with Gasteiger partial charge in [-0.05, 0) is 54.7 Å². The van der Waals surface area contributed by atoms with Crippen molar-refractivity contribution in [1.29, 1.82) is 5.26 Å². The van der Waals surface area contributed by atoms with Crippen LogP contribution in [0.4, 0.5) is 18.9 Å². The molecule has 0 saturated carbocycles. The zero-order valence-electron chi connectivity index (χ0n) is 14.4. The van der Waals surface area contributed by atoms with Gasteiger partial charge in [0.2, 0.25) is 0 Å². The van der Waals surface area contributed by atoms with Crippen LogP contribution >= 0.6 is 11.6 Å². The van der Waals surface area contributed by atoms with Gasteiger partial charge in [0.05, 0.1) is 23.3 Å². The predicted molar refractivity (Wildman–Crippen MR) is 97.5 cm³/mol. The minimum Gasteiger partial charge on any atom is -0.388 e. The summed E-state index contributed by atoms with van der Waals surface area (Å²) in [5, 5.41) is 20.0. The Hall–Kier alpha value is -2.23. The SMILES string of the molecule is N#Cc1ccc(N2CCC(C(O)c3ccc(Cl)cc3)CC2)c(C(F)(F)F)c1. The summed E-state index contributed by atoms with van der Waals surface area (Å²) in [6, 6.07) is 12.4. The summed E-state index contributed by atoms with van der Waals surface area (Å²) >= 11 is 5.86. The Bertz CT molecular complexity index is 838. The van der Waals surface area contributed by atoms with E-state index in [4.69, 9.17) is 16.9 Å². The van der Waals surface area contributed by atoms with E-state index in [1.165, 1.54) is 12.1 Å². The number of hydrogen-bond acceptors (Lipinski definition) is 3. The summed E-state index contributed by atoms with van der Waals surface area (Å²) in [6.45, 7) is 0.814. The van der Waals surface area contributed by atoms with E-state index in [1.807, 2.05) is 0 Å². The van der Waals surface area contributed by atoms with Gasteiger partial charge in [-0.25, -0.2) is 0 Å². The van der Waals surface area contributed by atoms with Crippen LogP contribution in [-0.2, 0) is 6.18 Å². The van der Waals surface area contributed by atoms with Crippen molar-refractivity contribution < 1.29 is 18.3 Å². The van der Waals surface area contributed by atoms with E-state index in [0.29, 0.717) is 31.0 Å². The number of nitriles is 1. The number of benzene rings is 2. The first-order valence-corrected chi connectivity index (χ1v) is 8.97. The normalized spacial score (nSPS) is 16.8. The smallest absolute Gasteiger partial charge is 0.388 e. The average molecular weight is 395 g/mol. The van der Waals surface area contributed by atoms with Gasteiger partial charge in [-0.3, -0.25) is 0 Å². The molecule has 142 valence electrons. The second kappa shape index (κ2) is 7.79. The van der Waals surface area contributed by atoms with Crippen molar-refractivity contribution in [2.45, 2.75) is 25.1 Å². The number of nitrogens with zero attached hydrogens (tertiary/aromatic N) is 2. The Labute approximate surface area is 160 Å². The third kappa shape index (κ3) is 4.37. The molecule has 1 unspecified atom stereocenters. The van der Waals surface area contributed by atoms with Crippen LogP contribution in [0, 0.1) is 17.2 Å². The highest BCUT2D eigenvalue weighted by atomic mass is 35.5. The maximum absolute atomic E-state index is 13.4. The lowest BCUT2D eigenvalue weighted by molar-refractivity contribution is -0.137. The fraction of sp³-hybridized carbons (Fsp3) is 0.350. The van der Waals surface area contributed by atoms with E-state index in [0.717, 1.165) is 11.6 Å². The second-order valence-corrected chi connectivity index (χ2v) is 7.10. The molecule has 2 aromatic carbocycles. The fourth-order valence-electron chi connectivity index (χ4n) is 3.50. The largest absolute Gasteiger partial charge is 0.418 e. The third-order valence-corrected chi connectivity index (χ3v) is 5.22. The highest BCUT2D eigenvalue weighted by Gasteiger charge is 2.36. The van der Waals surface area contributed by atoms with E-state index in [2.05, 4.69) is 0 Å². The molecule has 0 aliphatic carbocycles. The van der Waals surface area contributed by atoms with Gasteiger partial charge in [0, 0.05) is 23.8 Å². The summed E-state index contributed by atoms with van der Waals surface area (Å²) in [5.74, 6) is -0.0323. The van der Waals surface area contributed by atoms with Gasteiger partial charge in [-0.15, -0.1) is 0 Å². The molecule has 0 amide bonds. The number of halogens is 4. The van der Waals surface area contributed by atoms with E-state index < -0.39 is 17.8 Å². The molecule has 1 fully saturated rings. The summed E-state index contributed by atoms with van der Waals surface area (Å²) < 4.78 is 40.2. The van der Waals surface area contributed by atoms with Crippen molar-refractivity contribution in [2.75, 3.05) is 18.0 Å². The highest BCUT2D eigenvalue weighted by molar-refractivity contribution is 6.30. The van der Waals surface area contributed by atoms with Crippen molar-refractivity contribution in [3.05, 3.63) is 64.2 Å². The molecule has 1 atom stereocenters. The predicted octanol–water partition coefficient (Wildman–Crippen LogP) is 5.18. The minimum absolute atomic E-state index is 0.0147. The molecule has 1 heterocycles. The Morgan fingerprint density at radius 3 is 2.30 bits per heavy atom. The number of rotatable bonds is 3. The first-order valence-electron chi connectivity index (χ1n) is 8.59. The summed E-state index contributed by atoms with van der Waals surface area (Å²) in [6.07, 6.45) is -4.06.